The third-order valence-electron chi connectivity index (χ3n) is 6.13. The van der Waals surface area contributed by atoms with Crippen molar-refractivity contribution < 1.29 is 10.2 Å². The topological polar surface area (TPSA) is 40.5 Å². The van der Waals surface area contributed by atoms with Crippen LogP contribution in [0.25, 0.3) is 0 Å². The summed E-state index contributed by atoms with van der Waals surface area (Å²) in [7, 11) is 0. The van der Waals surface area contributed by atoms with Gasteiger partial charge >= 0.3 is 0 Å². The lowest BCUT2D eigenvalue weighted by atomic mass is 9.54. The fourth-order valence-electron chi connectivity index (χ4n) is 5.20. The highest BCUT2D eigenvalue weighted by atomic mass is 16.3. The van der Waals surface area contributed by atoms with Gasteiger partial charge in [0, 0.05) is 11.8 Å². The molecule has 0 aromatic rings. The smallest absolute Gasteiger partial charge is 0.0670 e. The maximum atomic E-state index is 10.5. The van der Waals surface area contributed by atoms with Crippen LogP contribution in [0.5, 0.6) is 0 Å². The average molecular weight is 236 g/mol. The molecule has 7 atom stereocenters. The summed E-state index contributed by atoms with van der Waals surface area (Å²) in [5.74, 6) is 1.64. The number of fused-ring (bicyclic) bond motifs is 1. The molecule has 3 aliphatic carbocycles. The molecule has 2 N–H and O–H groups in total. The molecule has 0 amide bonds. The van der Waals surface area contributed by atoms with Crippen LogP contribution in [-0.4, -0.2) is 22.4 Å². The Kier molecular flexibility index (Phi) is 2.32. The van der Waals surface area contributed by atoms with Crippen molar-refractivity contribution in [2.45, 2.75) is 45.8 Å². The molecule has 3 fully saturated rings. The molecule has 0 spiro atoms. The van der Waals surface area contributed by atoms with Crippen molar-refractivity contribution in [3.8, 4) is 0 Å². The van der Waals surface area contributed by atoms with Crippen LogP contribution in [0.15, 0.2) is 12.2 Å². The summed E-state index contributed by atoms with van der Waals surface area (Å²) in [4.78, 5) is 0. The summed E-state index contributed by atoms with van der Waals surface area (Å²) < 4.78 is 0. The van der Waals surface area contributed by atoms with Gasteiger partial charge in [0.15, 0.2) is 0 Å². The first-order valence-electron chi connectivity index (χ1n) is 6.95. The van der Waals surface area contributed by atoms with E-state index in [1.165, 1.54) is 6.42 Å². The van der Waals surface area contributed by atoms with Gasteiger partial charge in [-0.3, -0.25) is 0 Å². The van der Waals surface area contributed by atoms with Crippen molar-refractivity contribution in [3.63, 3.8) is 0 Å². The van der Waals surface area contributed by atoms with Crippen LogP contribution < -0.4 is 0 Å². The second kappa shape index (κ2) is 3.36. The lowest BCUT2D eigenvalue weighted by molar-refractivity contribution is -0.0497. The minimum absolute atomic E-state index is 0.0588. The minimum atomic E-state index is -0.358. The van der Waals surface area contributed by atoms with Crippen LogP contribution in [0.1, 0.15) is 33.6 Å². The van der Waals surface area contributed by atoms with Gasteiger partial charge in [-0.1, -0.05) is 32.9 Å². The number of aliphatic hydroxyl groups is 2. The second-order valence-corrected chi connectivity index (χ2v) is 7.00. The van der Waals surface area contributed by atoms with E-state index in [9.17, 15) is 10.2 Å². The summed E-state index contributed by atoms with van der Waals surface area (Å²) in [5.41, 5.74) is 1.19. The third-order valence-corrected chi connectivity index (χ3v) is 6.13. The summed E-state index contributed by atoms with van der Waals surface area (Å²) in [6.07, 6.45) is 1.60. The van der Waals surface area contributed by atoms with Gasteiger partial charge < -0.3 is 10.2 Å². The molecule has 3 aliphatic rings. The Morgan fingerprint density at radius 3 is 2.47 bits per heavy atom. The summed E-state index contributed by atoms with van der Waals surface area (Å²) in [5, 5.41) is 20.9. The van der Waals surface area contributed by atoms with Crippen molar-refractivity contribution in [2.75, 3.05) is 0 Å². The number of rotatable bonds is 1. The predicted molar refractivity (Wildman–Crippen MR) is 67.3 cm³/mol. The molecule has 3 saturated carbocycles. The van der Waals surface area contributed by atoms with Crippen molar-refractivity contribution in [1.29, 1.82) is 0 Å². The summed E-state index contributed by atoms with van der Waals surface area (Å²) in [6, 6.07) is 0. The first-order chi connectivity index (χ1) is 7.89. The molecule has 2 bridgehead atoms. The van der Waals surface area contributed by atoms with Crippen molar-refractivity contribution in [2.24, 2.45) is 35.0 Å². The quantitative estimate of drug-likeness (QED) is 0.685. The van der Waals surface area contributed by atoms with Crippen LogP contribution in [0.2, 0.25) is 0 Å². The van der Waals surface area contributed by atoms with Crippen molar-refractivity contribution >= 4 is 0 Å². The molecule has 0 radical (unpaired) electrons. The number of hydrogen-bond donors (Lipinski definition) is 2. The zero-order chi connectivity index (χ0) is 12.5. The lowest BCUT2D eigenvalue weighted by Gasteiger charge is -2.51. The third kappa shape index (κ3) is 1.18. The molecule has 0 aromatic heterocycles. The number of hydrogen-bond acceptors (Lipinski definition) is 2. The maximum absolute atomic E-state index is 10.5. The molecular weight excluding hydrogens is 212 g/mol. The van der Waals surface area contributed by atoms with E-state index in [0.29, 0.717) is 17.8 Å². The molecule has 2 nitrogen and oxygen atoms in total. The van der Waals surface area contributed by atoms with Gasteiger partial charge in [-0.15, -0.1) is 0 Å². The molecule has 0 aliphatic heterocycles. The van der Waals surface area contributed by atoms with Crippen molar-refractivity contribution in [3.05, 3.63) is 12.2 Å². The monoisotopic (exact) mass is 236 g/mol. The molecule has 17 heavy (non-hydrogen) atoms. The lowest BCUT2D eigenvalue weighted by Crippen LogP contribution is -2.48. The van der Waals surface area contributed by atoms with E-state index in [2.05, 4.69) is 27.4 Å². The standard InChI is InChI=1S/C15H24O2/c1-7(2)9-5-6-15(4)8(3)10-13(16)11(9)12(15)14(10)17/h7,9-14,16-17H,3,5-6H2,1-2,4H3. The Labute approximate surface area is 104 Å². The Balaban J connectivity index is 2.04. The number of aliphatic hydroxyl groups excluding tert-OH is 2. The van der Waals surface area contributed by atoms with Crippen LogP contribution in [0.4, 0.5) is 0 Å². The molecule has 0 saturated heterocycles. The van der Waals surface area contributed by atoms with E-state index in [0.717, 1.165) is 12.0 Å². The van der Waals surface area contributed by atoms with Gasteiger partial charge in [0.2, 0.25) is 0 Å². The van der Waals surface area contributed by atoms with Gasteiger partial charge in [0.05, 0.1) is 12.2 Å². The van der Waals surface area contributed by atoms with Gasteiger partial charge in [0.25, 0.3) is 0 Å². The second-order valence-electron chi connectivity index (χ2n) is 7.00. The predicted octanol–water partition coefficient (Wildman–Crippen LogP) is 2.21. The summed E-state index contributed by atoms with van der Waals surface area (Å²) >= 11 is 0. The van der Waals surface area contributed by atoms with Gasteiger partial charge in [-0.2, -0.15) is 0 Å². The molecule has 7 unspecified atom stereocenters. The molecule has 96 valence electrons. The Bertz CT molecular complexity index is 362. The first kappa shape index (κ1) is 11.7. The van der Waals surface area contributed by atoms with Crippen LogP contribution in [-0.2, 0) is 0 Å². The highest BCUT2D eigenvalue weighted by Crippen LogP contribution is 2.68. The van der Waals surface area contributed by atoms with Gasteiger partial charge in [-0.25, -0.2) is 0 Å². The van der Waals surface area contributed by atoms with E-state index < -0.39 is 0 Å². The zero-order valence-corrected chi connectivity index (χ0v) is 11.1. The minimum Gasteiger partial charge on any atom is -0.392 e. The Morgan fingerprint density at radius 1 is 1.29 bits per heavy atom. The molecule has 0 heterocycles. The highest BCUT2D eigenvalue weighted by molar-refractivity contribution is 5.33. The van der Waals surface area contributed by atoms with E-state index in [1.54, 1.807) is 0 Å². The first-order valence-corrected chi connectivity index (χ1v) is 6.95. The van der Waals surface area contributed by atoms with E-state index in [4.69, 9.17) is 0 Å². The van der Waals surface area contributed by atoms with Crippen LogP contribution in [0, 0.1) is 35.0 Å². The SMILES string of the molecule is C=C1C2C(O)C3C(C(C)C)CCC1(C)C3C2O. The summed E-state index contributed by atoms with van der Waals surface area (Å²) in [6.45, 7) is 10.9. The zero-order valence-electron chi connectivity index (χ0n) is 11.1. The van der Waals surface area contributed by atoms with Gasteiger partial charge in [0.1, 0.15) is 0 Å². The molecule has 0 aromatic carbocycles. The Morgan fingerprint density at radius 2 is 1.94 bits per heavy atom. The Hall–Kier alpha value is -0.340. The fourth-order valence-corrected chi connectivity index (χ4v) is 5.20. The average Bonchev–Trinajstić information content (AvgIpc) is 2.61. The van der Waals surface area contributed by atoms with Crippen LogP contribution >= 0.6 is 0 Å². The fraction of sp³-hybridized carbons (Fsp3) is 0.867. The van der Waals surface area contributed by atoms with E-state index >= 15 is 0 Å². The molecule has 3 rings (SSSR count). The van der Waals surface area contributed by atoms with Crippen LogP contribution in [0.3, 0.4) is 0 Å². The van der Waals surface area contributed by atoms with Crippen molar-refractivity contribution in [1.82, 2.24) is 0 Å². The molecular formula is C15H24O2. The molecule has 2 heteroatoms. The largest absolute Gasteiger partial charge is 0.392 e. The van der Waals surface area contributed by atoms with E-state index in [-0.39, 0.29) is 29.5 Å². The van der Waals surface area contributed by atoms with E-state index in [1.807, 2.05) is 0 Å². The maximum Gasteiger partial charge on any atom is 0.0670 e. The normalized spacial score (nSPS) is 56.9. The highest BCUT2D eigenvalue weighted by Gasteiger charge is 2.68. The van der Waals surface area contributed by atoms with Gasteiger partial charge in [-0.05, 0) is 36.0 Å².